The van der Waals surface area contributed by atoms with E-state index in [0.717, 1.165) is 0 Å². The summed E-state index contributed by atoms with van der Waals surface area (Å²) in [7, 11) is -3.52. The third-order valence-electron chi connectivity index (χ3n) is 5.86. The van der Waals surface area contributed by atoms with Gasteiger partial charge in [0.15, 0.2) is 0 Å². The summed E-state index contributed by atoms with van der Waals surface area (Å²) in [6.07, 6.45) is 6.80. The molecule has 2 aromatic heterocycles. The lowest BCUT2D eigenvalue weighted by Gasteiger charge is -2.18. The first-order valence-electron chi connectivity index (χ1n) is 11.2. The van der Waals surface area contributed by atoms with Gasteiger partial charge in [-0.3, -0.25) is 14.5 Å². The van der Waals surface area contributed by atoms with E-state index in [1.165, 1.54) is 30.7 Å². The van der Waals surface area contributed by atoms with Gasteiger partial charge < -0.3 is 10.1 Å². The zero-order chi connectivity index (χ0) is 24.6. The second-order valence-corrected chi connectivity index (χ2v) is 10.5. The van der Waals surface area contributed by atoms with Gasteiger partial charge in [0.2, 0.25) is 21.9 Å². The Kier molecular flexibility index (Phi) is 5.83. The summed E-state index contributed by atoms with van der Waals surface area (Å²) in [5.41, 5.74) is 0.412. The molecule has 10 nitrogen and oxygen atoms in total. The van der Waals surface area contributed by atoms with Crippen molar-refractivity contribution >= 4 is 21.9 Å². The van der Waals surface area contributed by atoms with E-state index in [-0.39, 0.29) is 11.5 Å². The molecule has 2 saturated carbocycles. The summed E-state index contributed by atoms with van der Waals surface area (Å²) >= 11 is 0. The van der Waals surface area contributed by atoms with Crippen LogP contribution in [0.1, 0.15) is 48.7 Å². The number of benzene rings is 1. The van der Waals surface area contributed by atoms with Gasteiger partial charge in [-0.2, -0.15) is 0 Å². The first kappa shape index (κ1) is 23.1. The third kappa shape index (κ3) is 4.92. The molecule has 182 valence electrons. The van der Waals surface area contributed by atoms with Crippen molar-refractivity contribution in [3.8, 4) is 17.1 Å². The Morgan fingerprint density at radius 2 is 2.00 bits per heavy atom. The number of halogens is 1. The van der Waals surface area contributed by atoms with Crippen molar-refractivity contribution in [2.24, 2.45) is 0 Å². The summed E-state index contributed by atoms with van der Waals surface area (Å²) in [5.74, 6) is -1.02. The van der Waals surface area contributed by atoms with Crippen molar-refractivity contribution in [3.05, 3.63) is 59.9 Å². The first-order valence-corrected chi connectivity index (χ1v) is 12.8. The van der Waals surface area contributed by atoms with E-state index in [4.69, 9.17) is 4.74 Å². The molecule has 0 aliphatic heterocycles. The molecule has 0 radical (unpaired) electrons. The molecule has 0 saturated heterocycles. The van der Waals surface area contributed by atoms with Gasteiger partial charge in [-0.1, -0.05) is 6.07 Å². The van der Waals surface area contributed by atoms with Crippen LogP contribution in [0.3, 0.4) is 0 Å². The first-order chi connectivity index (χ1) is 16.8. The number of aromatic nitrogens is 4. The molecule has 0 spiro atoms. The van der Waals surface area contributed by atoms with E-state index in [1.54, 1.807) is 12.1 Å². The standard InChI is InChI=1S/C23H23FN6O4S/c1-2-34-20-13-25-12-18(27-20)14-3-6-16(17(24)11-14)21(31)29-23(8-9-23)19-7-10-26-22(28-19)30-35(32,33)15-4-5-15/h3,6-7,10-13,15H,2,4-5,8-9H2,1H3,(H,29,31)(H,26,28,30). The second-order valence-electron chi connectivity index (χ2n) is 8.52. The maximum atomic E-state index is 14.9. The van der Waals surface area contributed by atoms with Gasteiger partial charge in [0.25, 0.3) is 5.91 Å². The largest absolute Gasteiger partial charge is 0.477 e. The molecule has 1 aromatic carbocycles. The molecule has 3 aromatic rings. The number of nitrogens with zero attached hydrogens (tertiary/aromatic N) is 4. The maximum absolute atomic E-state index is 14.9. The molecule has 35 heavy (non-hydrogen) atoms. The number of ether oxygens (including phenoxy) is 1. The molecule has 2 N–H and O–H groups in total. The van der Waals surface area contributed by atoms with Crippen LogP contribution in [0.5, 0.6) is 5.88 Å². The van der Waals surface area contributed by atoms with E-state index >= 15 is 0 Å². The third-order valence-corrected chi connectivity index (χ3v) is 7.68. The summed E-state index contributed by atoms with van der Waals surface area (Å²) in [6.45, 7) is 2.25. The Morgan fingerprint density at radius 1 is 1.20 bits per heavy atom. The number of nitrogens with one attached hydrogen (secondary N) is 2. The van der Waals surface area contributed by atoms with Crippen molar-refractivity contribution < 1.29 is 22.3 Å². The number of carbonyl (C=O) groups excluding carboxylic acids is 1. The number of rotatable bonds is 9. The summed E-state index contributed by atoms with van der Waals surface area (Å²) in [4.78, 5) is 29.6. The predicted octanol–water partition coefficient (Wildman–Crippen LogP) is 2.79. The molecule has 0 atom stereocenters. The highest BCUT2D eigenvalue weighted by atomic mass is 32.2. The summed E-state index contributed by atoms with van der Waals surface area (Å²) < 4.78 is 47.1. The smallest absolute Gasteiger partial charge is 0.255 e. The summed E-state index contributed by atoms with van der Waals surface area (Å²) in [5, 5.41) is 2.44. The van der Waals surface area contributed by atoms with Crippen LogP contribution in [-0.4, -0.2) is 46.1 Å². The molecule has 2 fully saturated rings. The van der Waals surface area contributed by atoms with Crippen LogP contribution in [0.25, 0.3) is 11.3 Å². The number of carbonyl (C=O) groups is 1. The minimum Gasteiger partial charge on any atom is -0.477 e. The molecular formula is C23H23FN6O4S. The zero-order valence-electron chi connectivity index (χ0n) is 18.9. The minimum atomic E-state index is -3.52. The monoisotopic (exact) mass is 498 g/mol. The average molecular weight is 499 g/mol. The van der Waals surface area contributed by atoms with Crippen LogP contribution in [0, 0.1) is 5.82 Å². The number of anilines is 1. The molecule has 1 amide bonds. The highest BCUT2D eigenvalue weighted by Gasteiger charge is 2.48. The summed E-state index contributed by atoms with van der Waals surface area (Å²) in [6, 6.07) is 5.82. The van der Waals surface area contributed by atoms with E-state index in [2.05, 4.69) is 30.0 Å². The quantitative estimate of drug-likeness (QED) is 0.460. The highest BCUT2D eigenvalue weighted by Crippen LogP contribution is 2.45. The molecule has 5 rings (SSSR count). The molecule has 0 bridgehead atoms. The van der Waals surface area contributed by atoms with E-state index in [9.17, 15) is 17.6 Å². The van der Waals surface area contributed by atoms with E-state index < -0.39 is 32.5 Å². The predicted molar refractivity (Wildman–Crippen MR) is 125 cm³/mol. The van der Waals surface area contributed by atoms with E-state index in [0.29, 0.717) is 55.1 Å². The molecular weight excluding hydrogens is 475 g/mol. The fourth-order valence-corrected chi connectivity index (χ4v) is 4.96. The zero-order valence-corrected chi connectivity index (χ0v) is 19.7. The van der Waals surface area contributed by atoms with Crippen LogP contribution in [0.2, 0.25) is 0 Å². The van der Waals surface area contributed by atoms with Gasteiger partial charge >= 0.3 is 0 Å². The van der Waals surface area contributed by atoms with Crippen molar-refractivity contribution in [3.63, 3.8) is 0 Å². The van der Waals surface area contributed by atoms with Crippen LogP contribution in [0.4, 0.5) is 10.3 Å². The lowest BCUT2D eigenvalue weighted by molar-refractivity contribution is 0.0925. The van der Waals surface area contributed by atoms with Gasteiger partial charge in [0, 0.05) is 11.8 Å². The number of hydrogen-bond acceptors (Lipinski definition) is 8. The lowest BCUT2D eigenvalue weighted by Crippen LogP contribution is -2.36. The topological polar surface area (TPSA) is 136 Å². The molecule has 12 heteroatoms. The van der Waals surface area contributed by atoms with Gasteiger partial charge in [-0.05, 0) is 50.8 Å². The molecule has 2 heterocycles. The van der Waals surface area contributed by atoms with Crippen molar-refractivity contribution in [1.29, 1.82) is 0 Å². The SMILES string of the molecule is CCOc1cncc(-c2ccc(C(=O)NC3(c4ccnc(NS(=O)(=O)C5CC5)n4)CC3)c(F)c2)n1. The average Bonchev–Trinajstić information content (AvgIpc) is 3.74. The van der Waals surface area contributed by atoms with Crippen LogP contribution in [-0.2, 0) is 15.6 Å². The Hall–Kier alpha value is -3.67. The number of hydrogen-bond donors (Lipinski definition) is 2. The maximum Gasteiger partial charge on any atom is 0.255 e. The molecule has 0 unspecified atom stereocenters. The van der Waals surface area contributed by atoms with Gasteiger partial charge in [0.1, 0.15) is 5.82 Å². The number of amides is 1. The molecule has 2 aliphatic carbocycles. The van der Waals surface area contributed by atoms with Crippen LogP contribution >= 0.6 is 0 Å². The van der Waals surface area contributed by atoms with Crippen LogP contribution < -0.4 is 14.8 Å². The van der Waals surface area contributed by atoms with E-state index in [1.807, 2.05) is 6.92 Å². The normalized spacial score (nSPS) is 16.4. The van der Waals surface area contributed by atoms with Crippen molar-refractivity contribution in [2.45, 2.75) is 43.4 Å². The van der Waals surface area contributed by atoms with Crippen molar-refractivity contribution in [2.75, 3.05) is 11.3 Å². The van der Waals surface area contributed by atoms with Crippen molar-refractivity contribution in [1.82, 2.24) is 25.3 Å². The fourth-order valence-electron chi connectivity index (χ4n) is 3.68. The fraction of sp³-hybridized carbons (Fsp3) is 0.348. The van der Waals surface area contributed by atoms with Gasteiger partial charge in [-0.25, -0.2) is 27.8 Å². The second kappa shape index (κ2) is 8.84. The Labute approximate surface area is 201 Å². The minimum absolute atomic E-state index is 0.0409. The Morgan fingerprint density at radius 3 is 2.69 bits per heavy atom. The highest BCUT2D eigenvalue weighted by molar-refractivity contribution is 7.93. The van der Waals surface area contributed by atoms with Gasteiger partial charge in [0.05, 0.1) is 46.7 Å². The molecule has 2 aliphatic rings. The number of sulfonamides is 1. The lowest BCUT2D eigenvalue weighted by atomic mass is 10.1. The Balaban J connectivity index is 1.32. The van der Waals surface area contributed by atoms with Crippen LogP contribution in [0.15, 0.2) is 42.9 Å². The Bertz CT molecular complexity index is 1390. The van der Waals surface area contributed by atoms with Gasteiger partial charge in [-0.15, -0.1) is 0 Å².